The first-order chi connectivity index (χ1) is 18.7. The van der Waals surface area contributed by atoms with Gasteiger partial charge in [-0.1, -0.05) is 25.3 Å². The van der Waals surface area contributed by atoms with Crippen molar-refractivity contribution in [2.75, 3.05) is 53.7 Å². The highest BCUT2D eigenvalue weighted by Crippen LogP contribution is 2.27. The van der Waals surface area contributed by atoms with Crippen molar-refractivity contribution >= 4 is 34.6 Å². The van der Waals surface area contributed by atoms with E-state index in [1.165, 1.54) is 44.5 Å². The van der Waals surface area contributed by atoms with Crippen LogP contribution in [0.4, 0.5) is 28.7 Å². The Morgan fingerprint density at radius 3 is 2.61 bits per heavy atom. The summed E-state index contributed by atoms with van der Waals surface area (Å²) in [4.78, 5) is 28.4. The van der Waals surface area contributed by atoms with Gasteiger partial charge in [0.2, 0.25) is 0 Å². The zero-order chi connectivity index (χ0) is 26.2. The van der Waals surface area contributed by atoms with E-state index in [0.29, 0.717) is 42.0 Å². The normalized spacial score (nSPS) is 15.9. The maximum atomic E-state index is 13.4. The molecule has 2 aromatic heterocycles. The van der Waals surface area contributed by atoms with Gasteiger partial charge in [0, 0.05) is 43.3 Å². The Bertz CT molecular complexity index is 1280. The summed E-state index contributed by atoms with van der Waals surface area (Å²) in [7, 11) is 0. The average Bonchev–Trinajstić information content (AvgIpc) is 2.97. The monoisotopic (exact) mass is 512 g/mol. The summed E-state index contributed by atoms with van der Waals surface area (Å²) >= 11 is 0. The second-order valence-corrected chi connectivity index (χ2v) is 9.63. The van der Waals surface area contributed by atoms with E-state index in [9.17, 15) is 4.79 Å². The molecule has 1 aliphatic heterocycles. The van der Waals surface area contributed by atoms with Crippen LogP contribution < -0.4 is 20.9 Å². The van der Waals surface area contributed by atoms with Gasteiger partial charge in [-0.15, -0.1) is 0 Å². The van der Waals surface area contributed by atoms with Crippen LogP contribution in [0.1, 0.15) is 48.2 Å². The van der Waals surface area contributed by atoms with Gasteiger partial charge in [0.1, 0.15) is 17.7 Å². The fourth-order valence-corrected chi connectivity index (χ4v) is 4.88. The van der Waals surface area contributed by atoms with Crippen LogP contribution in [0.15, 0.2) is 48.9 Å². The highest BCUT2D eigenvalue weighted by molar-refractivity contribution is 6.08. The second-order valence-electron chi connectivity index (χ2n) is 9.63. The fraction of sp³-hybridized carbons (Fsp3) is 0.393. The van der Waals surface area contributed by atoms with E-state index in [4.69, 9.17) is 10.00 Å². The summed E-state index contributed by atoms with van der Waals surface area (Å²) in [5.41, 5.74) is 3.20. The van der Waals surface area contributed by atoms with E-state index in [-0.39, 0.29) is 11.6 Å². The third-order valence-corrected chi connectivity index (χ3v) is 6.96. The molecule has 2 aliphatic rings. The van der Waals surface area contributed by atoms with Gasteiger partial charge in [-0.25, -0.2) is 15.0 Å². The number of rotatable bonds is 8. The fourth-order valence-electron chi connectivity index (χ4n) is 4.88. The van der Waals surface area contributed by atoms with E-state index < -0.39 is 0 Å². The summed E-state index contributed by atoms with van der Waals surface area (Å²) in [5.74, 6) is 1.35. The molecule has 1 aromatic carbocycles. The van der Waals surface area contributed by atoms with E-state index >= 15 is 0 Å². The molecule has 0 bridgehead atoms. The van der Waals surface area contributed by atoms with Crippen molar-refractivity contribution in [2.45, 2.75) is 32.1 Å². The highest BCUT2D eigenvalue weighted by atomic mass is 16.5. The lowest BCUT2D eigenvalue weighted by molar-refractivity contribution is 0.102. The number of pyridine rings is 1. The molecule has 3 aromatic rings. The van der Waals surface area contributed by atoms with Crippen LogP contribution in [0.3, 0.4) is 0 Å². The topological polar surface area (TPSA) is 128 Å². The quantitative estimate of drug-likeness (QED) is 0.398. The number of carbonyl (C=O) groups excluding carboxylic acids is 1. The number of ether oxygens (including phenoxy) is 1. The number of benzene rings is 1. The van der Waals surface area contributed by atoms with Gasteiger partial charge in [0.05, 0.1) is 36.9 Å². The summed E-state index contributed by atoms with van der Waals surface area (Å²) in [6.45, 7) is 3.86. The van der Waals surface area contributed by atoms with E-state index in [1.54, 1.807) is 6.20 Å². The van der Waals surface area contributed by atoms with Gasteiger partial charge in [0.15, 0.2) is 5.69 Å². The van der Waals surface area contributed by atoms with Crippen LogP contribution in [0.25, 0.3) is 0 Å². The predicted molar refractivity (Wildman–Crippen MR) is 147 cm³/mol. The molecule has 3 heterocycles. The number of morpholine rings is 1. The van der Waals surface area contributed by atoms with Crippen molar-refractivity contribution in [1.82, 2.24) is 15.0 Å². The standard InChI is InChI=1S/C28H32N8O2/c29-15-22-17-32-27(19-30-22)35-26-14-25(31-16-20-5-2-1-3-6-20)24(18-33-26)28(37)34-21-7-4-8-23(13-21)36-9-11-38-12-10-36/h4,7-8,13-14,17-20H,1-3,5-6,9-12,16H2,(H,34,37)(H2,31,32,33,35). The number of aromatic nitrogens is 3. The zero-order valence-electron chi connectivity index (χ0n) is 21.3. The van der Waals surface area contributed by atoms with Crippen LogP contribution in [0.2, 0.25) is 0 Å². The highest BCUT2D eigenvalue weighted by Gasteiger charge is 2.18. The van der Waals surface area contributed by atoms with Crippen molar-refractivity contribution in [1.29, 1.82) is 5.26 Å². The van der Waals surface area contributed by atoms with Crippen molar-refractivity contribution in [3.05, 3.63) is 60.2 Å². The molecule has 10 heteroatoms. The van der Waals surface area contributed by atoms with Crippen molar-refractivity contribution in [2.24, 2.45) is 5.92 Å². The molecule has 5 rings (SSSR count). The van der Waals surface area contributed by atoms with Gasteiger partial charge in [0.25, 0.3) is 5.91 Å². The second kappa shape index (κ2) is 12.3. The number of anilines is 5. The maximum Gasteiger partial charge on any atom is 0.259 e. The molecule has 0 unspecified atom stereocenters. The third-order valence-electron chi connectivity index (χ3n) is 6.96. The van der Waals surface area contributed by atoms with Crippen LogP contribution in [0, 0.1) is 17.2 Å². The van der Waals surface area contributed by atoms with E-state index in [1.807, 2.05) is 36.4 Å². The van der Waals surface area contributed by atoms with E-state index in [2.05, 4.69) is 35.8 Å². The largest absolute Gasteiger partial charge is 0.384 e. The Balaban J connectivity index is 1.34. The Kier molecular flexibility index (Phi) is 8.26. The van der Waals surface area contributed by atoms with Gasteiger partial charge in [-0.2, -0.15) is 5.26 Å². The number of nitrogens with zero attached hydrogens (tertiary/aromatic N) is 5. The number of hydrogen-bond acceptors (Lipinski definition) is 9. The summed E-state index contributed by atoms with van der Waals surface area (Å²) in [6, 6.07) is 11.7. The minimum atomic E-state index is -0.229. The van der Waals surface area contributed by atoms with Crippen molar-refractivity contribution < 1.29 is 9.53 Å². The Morgan fingerprint density at radius 1 is 1.03 bits per heavy atom. The molecule has 10 nitrogen and oxygen atoms in total. The molecule has 38 heavy (non-hydrogen) atoms. The number of nitrogens with one attached hydrogen (secondary N) is 3. The Morgan fingerprint density at radius 2 is 1.84 bits per heavy atom. The summed E-state index contributed by atoms with van der Waals surface area (Å²) in [5, 5.41) is 18.6. The van der Waals surface area contributed by atoms with Gasteiger partial charge in [-0.05, 0) is 37.0 Å². The molecule has 3 N–H and O–H groups in total. The number of carbonyl (C=O) groups is 1. The minimum Gasteiger partial charge on any atom is -0.384 e. The van der Waals surface area contributed by atoms with Gasteiger partial charge >= 0.3 is 0 Å². The number of nitriles is 1. The summed E-state index contributed by atoms with van der Waals surface area (Å²) in [6.07, 6.45) is 10.6. The maximum absolute atomic E-state index is 13.4. The Hall–Kier alpha value is -4.23. The summed E-state index contributed by atoms with van der Waals surface area (Å²) < 4.78 is 5.46. The molecule has 1 saturated heterocycles. The molecule has 196 valence electrons. The number of amides is 1. The van der Waals surface area contributed by atoms with Crippen LogP contribution in [0.5, 0.6) is 0 Å². The molecule has 0 atom stereocenters. The van der Waals surface area contributed by atoms with Crippen LogP contribution >= 0.6 is 0 Å². The minimum absolute atomic E-state index is 0.229. The van der Waals surface area contributed by atoms with Crippen molar-refractivity contribution in [3.8, 4) is 6.07 Å². The molecule has 1 amide bonds. The first kappa shape index (κ1) is 25.4. The van der Waals surface area contributed by atoms with Crippen LogP contribution in [-0.2, 0) is 4.74 Å². The lowest BCUT2D eigenvalue weighted by atomic mass is 9.89. The molecule has 1 saturated carbocycles. The average molecular weight is 513 g/mol. The molecule has 0 spiro atoms. The molecule has 2 fully saturated rings. The molecular weight excluding hydrogens is 480 g/mol. The predicted octanol–water partition coefficient (Wildman–Crippen LogP) is 4.57. The van der Waals surface area contributed by atoms with Crippen LogP contribution in [-0.4, -0.2) is 53.7 Å². The molecule has 0 radical (unpaired) electrons. The van der Waals surface area contributed by atoms with Crippen molar-refractivity contribution in [3.63, 3.8) is 0 Å². The SMILES string of the molecule is N#Cc1cnc(Nc2cc(NCC3CCCCC3)c(C(=O)Nc3cccc(N4CCOCC4)c3)cn2)cn1. The Labute approximate surface area is 222 Å². The lowest BCUT2D eigenvalue weighted by Gasteiger charge is -2.29. The third kappa shape index (κ3) is 6.55. The lowest BCUT2D eigenvalue weighted by Crippen LogP contribution is -2.36. The molecular formula is C28H32N8O2. The molecule has 1 aliphatic carbocycles. The smallest absolute Gasteiger partial charge is 0.259 e. The first-order valence-electron chi connectivity index (χ1n) is 13.1. The van der Waals surface area contributed by atoms with Gasteiger partial charge in [-0.3, -0.25) is 4.79 Å². The van der Waals surface area contributed by atoms with E-state index in [0.717, 1.165) is 31.0 Å². The zero-order valence-corrected chi connectivity index (χ0v) is 21.3. The number of hydrogen-bond donors (Lipinski definition) is 3. The van der Waals surface area contributed by atoms with Gasteiger partial charge < -0.3 is 25.6 Å². The first-order valence-corrected chi connectivity index (χ1v) is 13.1.